The van der Waals surface area contributed by atoms with E-state index in [1.807, 2.05) is 0 Å². The van der Waals surface area contributed by atoms with Crippen molar-refractivity contribution in [1.82, 2.24) is 0 Å². The zero-order valence-electron chi connectivity index (χ0n) is 6.66. The molecule has 1 spiro atoms. The Bertz CT molecular complexity index is 199. The first-order valence-corrected chi connectivity index (χ1v) is 4.42. The number of rotatable bonds is 1. The maximum absolute atomic E-state index is 8.30. The van der Waals surface area contributed by atoms with Crippen molar-refractivity contribution in [3.05, 3.63) is 10.4 Å². The molecule has 0 saturated heterocycles. The van der Waals surface area contributed by atoms with Crippen LogP contribution in [0.1, 0.15) is 38.5 Å². The number of azide groups is 1. The second-order valence-electron chi connectivity index (χ2n) is 3.83. The van der Waals surface area contributed by atoms with E-state index in [1.54, 1.807) is 0 Å². The Balaban J connectivity index is 2.08. The van der Waals surface area contributed by atoms with Crippen LogP contribution < -0.4 is 0 Å². The molecule has 2 aliphatic carbocycles. The predicted molar refractivity (Wildman–Crippen MR) is 43.1 cm³/mol. The quantitative estimate of drug-likeness (QED) is 0.314. The van der Waals surface area contributed by atoms with Gasteiger partial charge in [-0.2, -0.15) is 0 Å². The van der Waals surface area contributed by atoms with Crippen molar-refractivity contribution in [3.63, 3.8) is 0 Å². The minimum absolute atomic E-state index is 0.343. The normalized spacial score (nSPS) is 32.9. The van der Waals surface area contributed by atoms with Crippen LogP contribution in [0, 0.1) is 5.41 Å². The van der Waals surface area contributed by atoms with E-state index in [1.165, 1.54) is 32.1 Å². The summed E-state index contributed by atoms with van der Waals surface area (Å²) in [5.41, 5.74) is 8.77. The van der Waals surface area contributed by atoms with Gasteiger partial charge in [0.2, 0.25) is 0 Å². The molecular formula is C8H13N3. The zero-order chi connectivity index (χ0) is 7.73. The molecule has 3 heteroatoms. The van der Waals surface area contributed by atoms with Crippen LogP contribution in [0.3, 0.4) is 0 Å². The van der Waals surface area contributed by atoms with Crippen LogP contribution in [0.2, 0.25) is 0 Å². The Morgan fingerprint density at radius 1 is 1.27 bits per heavy atom. The fraction of sp³-hybridized carbons (Fsp3) is 1.00. The van der Waals surface area contributed by atoms with Crippen LogP contribution in [-0.4, -0.2) is 6.04 Å². The molecule has 60 valence electrons. The topological polar surface area (TPSA) is 48.8 Å². The summed E-state index contributed by atoms with van der Waals surface area (Å²) in [5.74, 6) is 0. The van der Waals surface area contributed by atoms with Crippen molar-refractivity contribution in [1.29, 1.82) is 0 Å². The second kappa shape index (κ2) is 2.42. The largest absolute Gasteiger partial charge is 0.0900 e. The summed E-state index contributed by atoms with van der Waals surface area (Å²) in [4.78, 5) is 2.90. The molecule has 0 radical (unpaired) electrons. The van der Waals surface area contributed by atoms with Crippen LogP contribution in [-0.2, 0) is 0 Å². The molecule has 2 rings (SSSR count). The van der Waals surface area contributed by atoms with Crippen molar-refractivity contribution < 1.29 is 0 Å². The molecule has 1 unspecified atom stereocenters. The monoisotopic (exact) mass is 151 g/mol. The van der Waals surface area contributed by atoms with E-state index in [0.717, 1.165) is 6.42 Å². The molecule has 0 aromatic heterocycles. The van der Waals surface area contributed by atoms with E-state index in [2.05, 4.69) is 10.0 Å². The summed E-state index contributed by atoms with van der Waals surface area (Å²) in [5, 5.41) is 3.85. The molecule has 0 aliphatic heterocycles. The minimum Gasteiger partial charge on any atom is -0.0900 e. The van der Waals surface area contributed by atoms with Gasteiger partial charge < -0.3 is 0 Å². The molecule has 2 fully saturated rings. The smallest absolute Gasteiger partial charge is 0.0430 e. The van der Waals surface area contributed by atoms with Gasteiger partial charge in [-0.05, 0) is 36.6 Å². The lowest BCUT2D eigenvalue weighted by Gasteiger charge is -2.44. The number of nitrogens with zero attached hydrogens (tertiary/aromatic N) is 3. The Morgan fingerprint density at radius 2 is 2.00 bits per heavy atom. The van der Waals surface area contributed by atoms with Gasteiger partial charge in [0.25, 0.3) is 0 Å². The summed E-state index contributed by atoms with van der Waals surface area (Å²) >= 11 is 0. The van der Waals surface area contributed by atoms with Gasteiger partial charge >= 0.3 is 0 Å². The third kappa shape index (κ3) is 0.916. The molecule has 1 atom stereocenters. The fourth-order valence-corrected chi connectivity index (χ4v) is 2.59. The first kappa shape index (κ1) is 6.99. The molecule has 0 N–H and O–H groups in total. The van der Waals surface area contributed by atoms with E-state index in [0.29, 0.717) is 11.5 Å². The lowest BCUT2D eigenvalue weighted by Crippen LogP contribution is -2.40. The van der Waals surface area contributed by atoms with Gasteiger partial charge in [0.1, 0.15) is 0 Å². The molecule has 3 nitrogen and oxygen atoms in total. The van der Waals surface area contributed by atoms with Crippen LogP contribution in [0.5, 0.6) is 0 Å². The van der Waals surface area contributed by atoms with Gasteiger partial charge in [0.05, 0.1) is 0 Å². The second-order valence-corrected chi connectivity index (χ2v) is 3.83. The fourth-order valence-electron chi connectivity index (χ4n) is 2.59. The van der Waals surface area contributed by atoms with Crippen molar-refractivity contribution in [2.24, 2.45) is 10.5 Å². The Hall–Kier alpha value is -0.690. The molecule has 11 heavy (non-hydrogen) atoms. The first-order chi connectivity index (χ1) is 5.37. The third-order valence-electron chi connectivity index (χ3n) is 3.41. The molecule has 2 aliphatic rings. The summed E-state index contributed by atoms with van der Waals surface area (Å²) in [6, 6.07) is 0.343. The van der Waals surface area contributed by atoms with E-state index >= 15 is 0 Å². The number of hydrogen-bond acceptors (Lipinski definition) is 1. The van der Waals surface area contributed by atoms with E-state index in [4.69, 9.17) is 5.53 Å². The molecule has 0 heterocycles. The highest BCUT2D eigenvalue weighted by Crippen LogP contribution is 2.54. The molecule has 0 amide bonds. The van der Waals surface area contributed by atoms with Gasteiger partial charge in [0, 0.05) is 11.0 Å². The molecule has 0 aromatic rings. The van der Waals surface area contributed by atoms with Gasteiger partial charge in [-0.25, -0.2) is 0 Å². The average molecular weight is 151 g/mol. The van der Waals surface area contributed by atoms with Gasteiger partial charge in [-0.15, -0.1) is 0 Å². The van der Waals surface area contributed by atoms with Crippen LogP contribution >= 0.6 is 0 Å². The maximum atomic E-state index is 8.30. The highest BCUT2D eigenvalue weighted by atomic mass is 15.2. The van der Waals surface area contributed by atoms with Crippen LogP contribution in [0.4, 0.5) is 0 Å². The van der Waals surface area contributed by atoms with Gasteiger partial charge in [-0.1, -0.05) is 18.0 Å². The highest BCUT2D eigenvalue weighted by molar-refractivity contribution is 5.02. The highest BCUT2D eigenvalue weighted by Gasteiger charge is 2.47. The standard InChI is InChI=1S/C8H13N3/c9-11-10-7-3-6-8(7)4-1-2-5-8/h7H,1-6H2. The Morgan fingerprint density at radius 3 is 2.45 bits per heavy atom. The SMILES string of the molecule is [N-]=[N+]=NC1CCC12CCCC2. The third-order valence-corrected chi connectivity index (χ3v) is 3.41. The summed E-state index contributed by atoms with van der Waals surface area (Å²) < 4.78 is 0. The lowest BCUT2D eigenvalue weighted by atomic mass is 9.64. The van der Waals surface area contributed by atoms with Crippen molar-refractivity contribution >= 4 is 0 Å². The Labute approximate surface area is 66.4 Å². The maximum Gasteiger partial charge on any atom is 0.0430 e. The summed E-state index contributed by atoms with van der Waals surface area (Å²) in [6.07, 6.45) is 7.73. The molecule has 2 saturated carbocycles. The summed E-state index contributed by atoms with van der Waals surface area (Å²) in [7, 11) is 0. The van der Waals surface area contributed by atoms with E-state index in [9.17, 15) is 0 Å². The van der Waals surface area contributed by atoms with Crippen LogP contribution in [0.15, 0.2) is 5.11 Å². The van der Waals surface area contributed by atoms with Crippen molar-refractivity contribution in [2.75, 3.05) is 0 Å². The van der Waals surface area contributed by atoms with Crippen LogP contribution in [0.25, 0.3) is 10.4 Å². The molecular weight excluding hydrogens is 138 g/mol. The van der Waals surface area contributed by atoms with Crippen molar-refractivity contribution in [2.45, 2.75) is 44.6 Å². The summed E-state index contributed by atoms with van der Waals surface area (Å²) in [6.45, 7) is 0. The molecule has 0 aromatic carbocycles. The van der Waals surface area contributed by atoms with Gasteiger partial charge in [-0.3, -0.25) is 0 Å². The number of hydrogen-bond donors (Lipinski definition) is 0. The van der Waals surface area contributed by atoms with E-state index in [-0.39, 0.29) is 0 Å². The molecule has 0 bridgehead atoms. The van der Waals surface area contributed by atoms with Crippen molar-refractivity contribution in [3.8, 4) is 0 Å². The average Bonchev–Trinajstić information content (AvgIpc) is 2.48. The van der Waals surface area contributed by atoms with Gasteiger partial charge in [0.15, 0.2) is 0 Å². The Kier molecular flexibility index (Phi) is 1.53. The minimum atomic E-state index is 0.343. The zero-order valence-corrected chi connectivity index (χ0v) is 6.66. The predicted octanol–water partition coefficient (Wildman–Crippen LogP) is 3.02. The van der Waals surface area contributed by atoms with E-state index < -0.39 is 0 Å². The first-order valence-electron chi connectivity index (χ1n) is 4.42. The lowest BCUT2D eigenvalue weighted by molar-refractivity contribution is 0.103.